The van der Waals surface area contributed by atoms with Crippen molar-refractivity contribution in [3.05, 3.63) is 40.3 Å². The predicted octanol–water partition coefficient (Wildman–Crippen LogP) is 3.01. The molecule has 0 atom stereocenters. The van der Waals surface area contributed by atoms with E-state index in [4.69, 9.17) is 0 Å². The molecule has 6 heteroatoms. The lowest BCUT2D eigenvalue weighted by molar-refractivity contribution is -0.141. The minimum absolute atomic E-state index is 0.375. The van der Waals surface area contributed by atoms with Crippen LogP contribution in [-0.2, 0) is 12.7 Å². The maximum atomic E-state index is 12.2. The topological polar surface area (TPSA) is 17.8 Å². The maximum Gasteiger partial charge on any atom is 0.435 e. The van der Waals surface area contributed by atoms with Crippen molar-refractivity contribution in [3.63, 3.8) is 0 Å². The van der Waals surface area contributed by atoms with E-state index in [0.29, 0.717) is 6.54 Å². The van der Waals surface area contributed by atoms with Crippen LogP contribution >= 0.6 is 11.3 Å². The lowest BCUT2D eigenvalue weighted by Gasteiger charge is -2.01. The molecule has 0 bridgehead atoms. The number of hydrogen-bond acceptors (Lipinski definition) is 2. The molecule has 0 N–H and O–H groups in total. The lowest BCUT2D eigenvalue weighted by Crippen LogP contribution is -2.08. The second kappa shape index (κ2) is 3.69. The van der Waals surface area contributed by atoms with Gasteiger partial charge in [-0.2, -0.15) is 29.6 Å². The van der Waals surface area contributed by atoms with Gasteiger partial charge in [0, 0.05) is 6.20 Å². The van der Waals surface area contributed by atoms with Crippen molar-refractivity contribution in [2.75, 3.05) is 0 Å². The van der Waals surface area contributed by atoms with E-state index in [1.54, 1.807) is 0 Å². The molecule has 0 aliphatic heterocycles. The monoisotopic (exact) mass is 232 g/mol. The summed E-state index contributed by atoms with van der Waals surface area (Å²) in [4.78, 5) is 0. The number of aromatic nitrogens is 2. The van der Waals surface area contributed by atoms with Gasteiger partial charge in [0.05, 0.1) is 6.54 Å². The summed E-state index contributed by atoms with van der Waals surface area (Å²) in [6, 6.07) is 2.84. The first-order chi connectivity index (χ1) is 7.05. The Labute approximate surface area is 88.0 Å². The Bertz CT molecular complexity index is 430. The third-order valence-electron chi connectivity index (χ3n) is 1.86. The highest BCUT2D eigenvalue weighted by Crippen LogP contribution is 2.27. The van der Waals surface area contributed by atoms with Crippen molar-refractivity contribution in [2.45, 2.75) is 12.7 Å². The normalized spacial score (nSPS) is 11.9. The quantitative estimate of drug-likeness (QED) is 0.778. The van der Waals surface area contributed by atoms with Crippen LogP contribution in [-0.4, -0.2) is 9.78 Å². The first-order valence-corrected chi connectivity index (χ1v) is 5.12. The molecule has 0 unspecified atom stereocenters. The van der Waals surface area contributed by atoms with Crippen LogP contribution in [0.1, 0.15) is 11.3 Å². The van der Waals surface area contributed by atoms with Crippen LogP contribution in [0.25, 0.3) is 0 Å². The van der Waals surface area contributed by atoms with Gasteiger partial charge in [0.15, 0.2) is 5.69 Å². The SMILES string of the molecule is FC(F)(F)c1ccn(Cc2ccsc2)n1. The average molecular weight is 232 g/mol. The summed E-state index contributed by atoms with van der Waals surface area (Å²) in [7, 11) is 0. The van der Waals surface area contributed by atoms with E-state index in [1.807, 2.05) is 16.8 Å². The smallest absolute Gasteiger partial charge is 0.268 e. The van der Waals surface area contributed by atoms with E-state index >= 15 is 0 Å². The summed E-state index contributed by atoms with van der Waals surface area (Å²) in [5, 5.41) is 7.22. The van der Waals surface area contributed by atoms with Crippen LogP contribution in [0.2, 0.25) is 0 Å². The first-order valence-electron chi connectivity index (χ1n) is 4.17. The summed E-state index contributed by atoms with van der Waals surface area (Å²) in [5.74, 6) is 0. The largest absolute Gasteiger partial charge is 0.435 e. The molecule has 80 valence electrons. The second-order valence-electron chi connectivity index (χ2n) is 3.03. The van der Waals surface area contributed by atoms with Gasteiger partial charge in [-0.1, -0.05) is 0 Å². The maximum absolute atomic E-state index is 12.2. The number of alkyl halides is 3. The van der Waals surface area contributed by atoms with Gasteiger partial charge >= 0.3 is 6.18 Å². The van der Waals surface area contributed by atoms with Gasteiger partial charge in [-0.15, -0.1) is 0 Å². The van der Waals surface area contributed by atoms with E-state index in [-0.39, 0.29) is 0 Å². The summed E-state index contributed by atoms with van der Waals surface area (Å²) < 4.78 is 37.9. The molecule has 0 saturated carbocycles. The number of halogens is 3. The fourth-order valence-electron chi connectivity index (χ4n) is 1.17. The molecule has 2 heterocycles. The predicted molar refractivity (Wildman–Crippen MR) is 50.7 cm³/mol. The van der Waals surface area contributed by atoms with Gasteiger partial charge in [0.2, 0.25) is 0 Å². The summed E-state index contributed by atoms with van der Waals surface area (Å²) in [5.41, 5.74) is 0.106. The molecule has 0 fully saturated rings. The summed E-state index contributed by atoms with van der Waals surface area (Å²) in [6.07, 6.45) is -3.03. The molecule has 0 aromatic carbocycles. The molecule has 2 nitrogen and oxygen atoms in total. The van der Waals surface area contributed by atoms with Gasteiger partial charge in [-0.25, -0.2) is 0 Å². The molecular weight excluding hydrogens is 225 g/mol. The highest BCUT2D eigenvalue weighted by molar-refractivity contribution is 7.07. The first kappa shape index (κ1) is 10.2. The van der Waals surface area contributed by atoms with Crippen LogP contribution in [0.4, 0.5) is 13.2 Å². The molecule has 2 rings (SSSR count). The highest BCUT2D eigenvalue weighted by atomic mass is 32.1. The van der Waals surface area contributed by atoms with Gasteiger partial charge in [-0.05, 0) is 28.5 Å². The Morgan fingerprint density at radius 1 is 1.33 bits per heavy atom. The number of rotatable bonds is 2. The van der Waals surface area contributed by atoms with Crippen molar-refractivity contribution in [3.8, 4) is 0 Å². The van der Waals surface area contributed by atoms with Crippen LogP contribution in [0.3, 0.4) is 0 Å². The zero-order valence-corrected chi connectivity index (χ0v) is 8.35. The van der Waals surface area contributed by atoms with Crippen molar-refractivity contribution >= 4 is 11.3 Å². The van der Waals surface area contributed by atoms with Crippen LogP contribution < -0.4 is 0 Å². The minimum atomic E-state index is -4.36. The van der Waals surface area contributed by atoms with E-state index in [2.05, 4.69) is 5.10 Å². The summed E-state index contributed by atoms with van der Waals surface area (Å²) >= 11 is 1.51. The molecule has 0 aliphatic carbocycles. The molecule has 0 radical (unpaired) electrons. The van der Waals surface area contributed by atoms with E-state index in [9.17, 15) is 13.2 Å². The Hall–Kier alpha value is -1.30. The van der Waals surface area contributed by atoms with Crippen molar-refractivity contribution < 1.29 is 13.2 Å². The standard InChI is InChI=1S/C9H7F3N2S/c10-9(11,12)8-1-3-14(13-8)5-7-2-4-15-6-7/h1-4,6H,5H2. The Morgan fingerprint density at radius 3 is 2.67 bits per heavy atom. The van der Waals surface area contributed by atoms with E-state index in [0.717, 1.165) is 11.6 Å². The molecule has 0 aliphatic rings. The fourth-order valence-corrected chi connectivity index (χ4v) is 1.83. The molecule has 0 saturated heterocycles. The van der Waals surface area contributed by atoms with Gasteiger partial charge in [0.1, 0.15) is 0 Å². The van der Waals surface area contributed by atoms with Gasteiger partial charge in [0.25, 0.3) is 0 Å². The minimum Gasteiger partial charge on any atom is -0.268 e. The highest BCUT2D eigenvalue weighted by Gasteiger charge is 2.33. The van der Waals surface area contributed by atoms with Crippen LogP contribution in [0.15, 0.2) is 29.1 Å². The molecule has 2 aromatic heterocycles. The van der Waals surface area contributed by atoms with Crippen molar-refractivity contribution in [1.29, 1.82) is 0 Å². The third-order valence-corrected chi connectivity index (χ3v) is 2.59. The van der Waals surface area contributed by atoms with E-state index in [1.165, 1.54) is 22.2 Å². The number of hydrogen-bond donors (Lipinski definition) is 0. The van der Waals surface area contributed by atoms with Crippen LogP contribution in [0, 0.1) is 0 Å². The lowest BCUT2D eigenvalue weighted by atomic mass is 10.3. The molecule has 2 aromatic rings. The summed E-state index contributed by atoms with van der Waals surface area (Å²) in [6.45, 7) is 0.375. The van der Waals surface area contributed by atoms with Gasteiger partial charge < -0.3 is 0 Å². The molecule has 0 spiro atoms. The fraction of sp³-hybridized carbons (Fsp3) is 0.222. The second-order valence-corrected chi connectivity index (χ2v) is 3.81. The van der Waals surface area contributed by atoms with Crippen LogP contribution in [0.5, 0.6) is 0 Å². The zero-order valence-electron chi connectivity index (χ0n) is 7.53. The average Bonchev–Trinajstić information content (AvgIpc) is 2.73. The molecule has 0 amide bonds. The Balaban J connectivity index is 2.15. The van der Waals surface area contributed by atoms with Crippen molar-refractivity contribution in [2.24, 2.45) is 0 Å². The Morgan fingerprint density at radius 2 is 2.13 bits per heavy atom. The zero-order chi connectivity index (χ0) is 10.9. The molecule has 15 heavy (non-hydrogen) atoms. The molecular formula is C9H7F3N2S. The third kappa shape index (κ3) is 2.38. The number of nitrogens with zero attached hydrogens (tertiary/aromatic N) is 2. The number of thiophene rings is 1. The Kier molecular flexibility index (Phi) is 2.52. The van der Waals surface area contributed by atoms with E-state index < -0.39 is 11.9 Å². The van der Waals surface area contributed by atoms with Crippen molar-refractivity contribution in [1.82, 2.24) is 9.78 Å². The van der Waals surface area contributed by atoms with Gasteiger partial charge in [-0.3, -0.25) is 4.68 Å².